The van der Waals surface area contributed by atoms with Crippen LogP contribution in [0.3, 0.4) is 0 Å². The van der Waals surface area contributed by atoms with Crippen molar-refractivity contribution in [3.8, 4) is 5.75 Å². The monoisotopic (exact) mass is 440 g/mol. The van der Waals surface area contributed by atoms with Gasteiger partial charge in [-0.1, -0.05) is 31.9 Å². The maximum Gasteiger partial charge on any atom is 0.290 e. The lowest BCUT2D eigenvalue weighted by atomic mass is 9.94. The summed E-state index contributed by atoms with van der Waals surface area (Å²) < 4.78 is 5.69. The fourth-order valence-electron chi connectivity index (χ4n) is 4.57. The molecule has 4 rings (SSSR count). The van der Waals surface area contributed by atoms with Gasteiger partial charge >= 0.3 is 0 Å². The van der Waals surface area contributed by atoms with Crippen LogP contribution in [0.15, 0.2) is 35.6 Å². The Morgan fingerprint density at radius 3 is 2.48 bits per heavy atom. The van der Waals surface area contributed by atoms with Crippen LogP contribution < -0.4 is 4.74 Å². The molecule has 0 spiro atoms. The largest absolute Gasteiger partial charge is 0.503 e. The van der Waals surface area contributed by atoms with E-state index >= 15 is 0 Å². The molecular formula is C24H28N2O4S. The van der Waals surface area contributed by atoms with Gasteiger partial charge in [0, 0.05) is 6.04 Å². The van der Waals surface area contributed by atoms with E-state index in [1.165, 1.54) is 11.3 Å². The third kappa shape index (κ3) is 3.99. The fourth-order valence-corrected chi connectivity index (χ4v) is 5.45. The van der Waals surface area contributed by atoms with Crippen molar-refractivity contribution in [1.29, 1.82) is 0 Å². The number of hydrogen-bond acceptors (Lipinski definition) is 6. The van der Waals surface area contributed by atoms with Crippen LogP contribution in [-0.2, 0) is 4.79 Å². The van der Waals surface area contributed by atoms with Crippen LogP contribution in [0.1, 0.15) is 71.0 Å². The van der Waals surface area contributed by atoms with Gasteiger partial charge in [-0.3, -0.25) is 9.59 Å². The standard InChI is InChI=1S/C24H28N2O4S/c1-4-13-30-18-11-9-16(10-12-18)20-19(21(27)23-14(2)25-15(3)31-23)22(28)24(29)26(20)17-7-5-6-8-17/h9-12,17,20,28H,4-8,13H2,1-3H3. The third-order valence-corrected chi connectivity index (χ3v) is 7.06. The lowest BCUT2D eigenvalue weighted by Gasteiger charge is -2.32. The Kier molecular flexibility index (Phi) is 6.14. The third-order valence-electron chi connectivity index (χ3n) is 5.98. The van der Waals surface area contributed by atoms with E-state index in [4.69, 9.17) is 4.74 Å². The number of aromatic nitrogens is 1. The number of ketones is 1. The zero-order chi connectivity index (χ0) is 22.1. The summed E-state index contributed by atoms with van der Waals surface area (Å²) in [6.45, 7) is 6.31. The zero-order valence-electron chi connectivity index (χ0n) is 18.2. The molecule has 1 saturated carbocycles. The molecule has 1 fully saturated rings. The first kappa shape index (κ1) is 21.6. The van der Waals surface area contributed by atoms with Gasteiger partial charge in [0.25, 0.3) is 5.91 Å². The van der Waals surface area contributed by atoms with Crippen molar-refractivity contribution in [2.75, 3.05) is 6.61 Å². The number of Topliss-reactive ketones (excluding diaryl/α,β-unsaturated/α-hetero) is 1. The number of ether oxygens (including phenoxy) is 1. The minimum atomic E-state index is -0.606. The van der Waals surface area contributed by atoms with Crippen LogP contribution in [0.4, 0.5) is 0 Å². The van der Waals surface area contributed by atoms with Gasteiger partial charge in [-0.15, -0.1) is 11.3 Å². The first-order valence-corrected chi connectivity index (χ1v) is 11.7. The highest BCUT2D eigenvalue weighted by atomic mass is 32.1. The van der Waals surface area contributed by atoms with E-state index in [1.807, 2.05) is 38.1 Å². The maximum absolute atomic E-state index is 13.5. The normalized spacial score (nSPS) is 19.5. The van der Waals surface area contributed by atoms with Crippen molar-refractivity contribution in [2.45, 2.75) is 65.0 Å². The molecule has 1 aromatic carbocycles. The van der Waals surface area contributed by atoms with Gasteiger partial charge < -0.3 is 14.7 Å². The number of nitrogens with zero attached hydrogens (tertiary/aromatic N) is 2. The van der Waals surface area contributed by atoms with Crippen molar-refractivity contribution in [3.05, 3.63) is 56.7 Å². The number of aryl methyl sites for hydroxylation is 2. The van der Waals surface area contributed by atoms with Gasteiger partial charge in [0.15, 0.2) is 5.76 Å². The highest BCUT2D eigenvalue weighted by molar-refractivity contribution is 7.14. The lowest BCUT2D eigenvalue weighted by Crippen LogP contribution is -2.38. The van der Waals surface area contributed by atoms with Gasteiger partial charge in [0.2, 0.25) is 5.78 Å². The molecule has 2 heterocycles. The molecule has 7 heteroatoms. The summed E-state index contributed by atoms with van der Waals surface area (Å²) in [4.78, 5) is 33.3. The number of rotatable bonds is 7. The molecule has 1 aliphatic heterocycles. The topological polar surface area (TPSA) is 79.7 Å². The molecule has 1 atom stereocenters. The van der Waals surface area contributed by atoms with Crippen molar-refractivity contribution in [3.63, 3.8) is 0 Å². The van der Waals surface area contributed by atoms with Gasteiger partial charge in [-0.05, 0) is 50.8 Å². The molecule has 0 bridgehead atoms. The summed E-state index contributed by atoms with van der Waals surface area (Å²) in [6.07, 6.45) is 4.77. The number of carbonyl (C=O) groups excluding carboxylic acids is 2. The number of aliphatic hydroxyl groups excluding tert-OH is 1. The van der Waals surface area contributed by atoms with Gasteiger partial charge in [-0.2, -0.15) is 0 Å². The molecule has 1 unspecified atom stereocenters. The van der Waals surface area contributed by atoms with Crippen LogP contribution >= 0.6 is 11.3 Å². The van der Waals surface area contributed by atoms with E-state index in [2.05, 4.69) is 4.98 Å². The number of aliphatic hydroxyl groups is 1. The fraction of sp³-hybridized carbons (Fsp3) is 0.458. The molecule has 6 nitrogen and oxygen atoms in total. The molecular weight excluding hydrogens is 412 g/mol. The van der Waals surface area contributed by atoms with Crippen LogP contribution in [0.25, 0.3) is 0 Å². The van der Waals surface area contributed by atoms with Crippen LogP contribution in [0, 0.1) is 13.8 Å². The van der Waals surface area contributed by atoms with Crippen molar-refractivity contribution in [1.82, 2.24) is 9.88 Å². The Hall–Kier alpha value is -2.67. The lowest BCUT2D eigenvalue weighted by molar-refractivity contribution is -0.131. The van der Waals surface area contributed by atoms with Gasteiger partial charge in [0.1, 0.15) is 5.75 Å². The molecule has 1 amide bonds. The Morgan fingerprint density at radius 1 is 1.23 bits per heavy atom. The molecule has 2 aromatic rings. The minimum absolute atomic E-state index is 0.0188. The summed E-state index contributed by atoms with van der Waals surface area (Å²) in [5.41, 5.74) is 1.59. The van der Waals surface area contributed by atoms with E-state index < -0.39 is 17.7 Å². The zero-order valence-corrected chi connectivity index (χ0v) is 19.0. The second-order valence-corrected chi connectivity index (χ2v) is 9.41. The molecule has 1 aliphatic carbocycles. The highest BCUT2D eigenvalue weighted by Crippen LogP contribution is 2.44. The van der Waals surface area contributed by atoms with E-state index in [-0.39, 0.29) is 17.4 Å². The molecule has 1 aromatic heterocycles. The second kappa shape index (κ2) is 8.83. The Morgan fingerprint density at radius 2 is 1.90 bits per heavy atom. The smallest absolute Gasteiger partial charge is 0.290 e. The molecule has 31 heavy (non-hydrogen) atoms. The van der Waals surface area contributed by atoms with Crippen LogP contribution in [-0.4, -0.2) is 39.3 Å². The predicted octanol–water partition coefficient (Wildman–Crippen LogP) is 5.07. The Bertz CT molecular complexity index is 1020. The molecule has 1 N–H and O–H groups in total. The van der Waals surface area contributed by atoms with Crippen LogP contribution in [0.2, 0.25) is 0 Å². The molecule has 2 aliphatic rings. The average Bonchev–Trinajstić information content (AvgIpc) is 3.46. The molecule has 0 saturated heterocycles. The average molecular weight is 441 g/mol. The molecule has 0 radical (unpaired) electrons. The van der Waals surface area contributed by atoms with E-state index in [1.54, 1.807) is 11.8 Å². The summed E-state index contributed by atoms with van der Waals surface area (Å²) in [6, 6.07) is 6.92. The summed E-state index contributed by atoms with van der Waals surface area (Å²) >= 11 is 1.30. The number of carbonyl (C=O) groups is 2. The van der Waals surface area contributed by atoms with E-state index in [0.29, 0.717) is 17.2 Å². The van der Waals surface area contributed by atoms with E-state index in [9.17, 15) is 14.7 Å². The number of amides is 1. The first-order valence-electron chi connectivity index (χ1n) is 10.9. The quantitative estimate of drug-likeness (QED) is 0.608. The predicted molar refractivity (Wildman–Crippen MR) is 120 cm³/mol. The number of thiazole rings is 1. The van der Waals surface area contributed by atoms with Crippen LogP contribution in [0.5, 0.6) is 5.75 Å². The first-order chi connectivity index (χ1) is 14.9. The Labute approximate surface area is 186 Å². The second-order valence-electron chi connectivity index (χ2n) is 8.21. The van der Waals surface area contributed by atoms with Gasteiger partial charge in [-0.25, -0.2) is 4.98 Å². The van der Waals surface area contributed by atoms with Crippen molar-refractivity contribution >= 4 is 23.0 Å². The summed E-state index contributed by atoms with van der Waals surface area (Å²) in [7, 11) is 0. The summed E-state index contributed by atoms with van der Waals surface area (Å²) in [5, 5.41) is 11.6. The number of hydrogen-bond donors (Lipinski definition) is 1. The SMILES string of the molecule is CCCOc1ccc(C2C(C(=O)c3sc(C)nc3C)=C(O)C(=O)N2C2CCCC2)cc1. The minimum Gasteiger partial charge on any atom is -0.503 e. The Balaban J connectivity index is 1.76. The molecule has 164 valence electrons. The summed E-state index contributed by atoms with van der Waals surface area (Å²) in [5.74, 6) is -0.452. The van der Waals surface area contributed by atoms with Crippen molar-refractivity contribution < 1.29 is 19.4 Å². The maximum atomic E-state index is 13.5. The highest BCUT2D eigenvalue weighted by Gasteiger charge is 2.47. The number of benzene rings is 1. The van der Waals surface area contributed by atoms with E-state index in [0.717, 1.165) is 48.4 Å². The van der Waals surface area contributed by atoms with Crippen molar-refractivity contribution in [2.24, 2.45) is 0 Å². The van der Waals surface area contributed by atoms with Gasteiger partial charge in [0.05, 0.1) is 33.8 Å².